The van der Waals surface area contributed by atoms with E-state index in [0.29, 0.717) is 24.6 Å². The second-order valence-electron chi connectivity index (χ2n) is 7.14. The number of aromatic carboxylic acids is 1. The van der Waals surface area contributed by atoms with Crippen LogP contribution in [0.4, 0.5) is 0 Å². The Morgan fingerprint density at radius 1 is 1.30 bits per heavy atom. The van der Waals surface area contributed by atoms with E-state index in [0.717, 1.165) is 0 Å². The first kappa shape index (κ1) is 19.1. The van der Waals surface area contributed by atoms with Gasteiger partial charge in [0.15, 0.2) is 0 Å². The minimum atomic E-state index is -0.988. The summed E-state index contributed by atoms with van der Waals surface area (Å²) in [4.78, 5) is 27.5. The molecule has 1 aromatic heterocycles. The van der Waals surface area contributed by atoms with Crippen molar-refractivity contribution in [1.29, 1.82) is 0 Å². The summed E-state index contributed by atoms with van der Waals surface area (Å²) in [6, 6.07) is 2.62. The number of rotatable bonds is 7. The zero-order valence-electron chi connectivity index (χ0n) is 14.5. The number of carbonyl (C=O) groups excluding carboxylic acids is 1. The molecule has 0 aromatic carbocycles. The summed E-state index contributed by atoms with van der Waals surface area (Å²) in [6.07, 6.45) is 2.16. The molecule has 128 valence electrons. The van der Waals surface area contributed by atoms with E-state index in [2.05, 4.69) is 29.5 Å². The van der Waals surface area contributed by atoms with E-state index < -0.39 is 5.97 Å². The molecule has 3 N–H and O–H groups in total. The number of hydrogen-bond donors (Lipinski definition) is 3. The van der Waals surface area contributed by atoms with Crippen LogP contribution >= 0.6 is 0 Å². The number of carboxylic acid groups (broad SMARTS) is 1. The van der Waals surface area contributed by atoms with E-state index >= 15 is 0 Å². The molecule has 1 unspecified atom stereocenters. The zero-order chi connectivity index (χ0) is 17.6. The summed E-state index contributed by atoms with van der Waals surface area (Å²) in [5.74, 6) is -0.685. The number of carbonyl (C=O) groups is 2. The standard InChI is InChI=1S/C17H27N3O3/c1-11(2)8-14(15(21)20-17(3,4)5)19-10-13-9-12(16(22)23)6-7-18-13/h6-7,9,11,14,19H,8,10H2,1-5H3,(H,20,21)(H,22,23). The van der Waals surface area contributed by atoms with Gasteiger partial charge in [-0.05, 0) is 45.2 Å². The zero-order valence-corrected chi connectivity index (χ0v) is 14.5. The van der Waals surface area contributed by atoms with E-state index in [9.17, 15) is 9.59 Å². The highest BCUT2D eigenvalue weighted by atomic mass is 16.4. The Balaban J connectivity index is 2.76. The van der Waals surface area contributed by atoms with Gasteiger partial charge in [0.1, 0.15) is 0 Å². The molecule has 6 heteroatoms. The molecule has 1 rings (SSSR count). The summed E-state index contributed by atoms with van der Waals surface area (Å²) < 4.78 is 0. The van der Waals surface area contributed by atoms with E-state index in [1.165, 1.54) is 18.3 Å². The Morgan fingerprint density at radius 3 is 2.48 bits per heavy atom. The maximum absolute atomic E-state index is 12.4. The van der Waals surface area contributed by atoms with Gasteiger partial charge in [0.25, 0.3) is 0 Å². The van der Waals surface area contributed by atoms with Crippen molar-refractivity contribution < 1.29 is 14.7 Å². The van der Waals surface area contributed by atoms with Crippen LogP contribution < -0.4 is 10.6 Å². The summed E-state index contributed by atoms with van der Waals surface area (Å²) in [5, 5.41) is 15.2. The molecule has 0 radical (unpaired) electrons. The highest BCUT2D eigenvalue weighted by Crippen LogP contribution is 2.09. The van der Waals surface area contributed by atoms with Crippen molar-refractivity contribution in [2.75, 3.05) is 0 Å². The van der Waals surface area contributed by atoms with Crippen LogP contribution in [-0.2, 0) is 11.3 Å². The van der Waals surface area contributed by atoms with Crippen LogP contribution in [0, 0.1) is 5.92 Å². The van der Waals surface area contributed by atoms with Crippen LogP contribution in [0.1, 0.15) is 57.1 Å². The van der Waals surface area contributed by atoms with Gasteiger partial charge in [-0.1, -0.05) is 13.8 Å². The van der Waals surface area contributed by atoms with Gasteiger partial charge < -0.3 is 15.7 Å². The number of nitrogens with zero attached hydrogens (tertiary/aromatic N) is 1. The second kappa shape index (κ2) is 8.06. The predicted octanol–water partition coefficient (Wildman–Crippen LogP) is 2.20. The monoisotopic (exact) mass is 321 g/mol. The predicted molar refractivity (Wildman–Crippen MR) is 89.2 cm³/mol. The average molecular weight is 321 g/mol. The summed E-state index contributed by atoms with van der Waals surface area (Å²) in [7, 11) is 0. The smallest absolute Gasteiger partial charge is 0.335 e. The van der Waals surface area contributed by atoms with Crippen molar-refractivity contribution in [3.8, 4) is 0 Å². The van der Waals surface area contributed by atoms with Gasteiger partial charge >= 0.3 is 5.97 Å². The lowest BCUT2D eigenvalue weighted by molar-refractivity contribution is -0.125. The molecule has 0 aliphatic carbocycles. The average Bonchev–Trinajstić information content (AvgIpc) is 2.41. The molecule has 1 amide bonds. The van der Waals surface area contributed by atoms with E-state index in [1.807, 2.05) is 20.8 Å². The van der Waals surface area contributed by atoms with Crippen molar-refractivity contribution in [3.05, 3.63) is 29.6 Å². The van der Waals surface area contributed by atoms with Crippen LogP contribution in [0.3, 0.4) is 0 Å². The molecule has 0 spiro atoms. The molecule has 0 saturated carbocycles. The molecule has 0 fully saturated rings. The van der Waals surface area contributed by atoms with E-state index in [1.54, 1.807) is 0 Å². The number of carboxylic acids is 1. The Morgan fingerprint density at radius 2 is 1.96 bits per heavy atom. The van der Waals surface area contributed by atoms with Crippen molar-refractivity contribution >= 4 is 11.9 Å². The first-order valence-electron chi connectivity index (χ1n) is 7.82. The third kappa shape index (κ3) is 7.23. The highest BCUT2D eigenvalue weighted by molar-refractivity contribution is 5.87. The molecule has 0 bridgehead atoms. The van der Waals surface area contributed by atoms with Crippen molar-refractivity contribution in [1.82, 2.24) is 15.6 Å². The first-order valence-corrected chi connectivity index (χ1v) is 7.82. The minimum Gasteiger partial charge on any atom is -0.478 e. The summed E-state index contributed by atoms with van der Waals surface area (Å²) in [6.45, 7) is 10.3. The molecule has 1 atom stereocenters. The number of aromatic nitrogens is 1. The van der Waals surface area contributed by atoms with Crippen molar-refractivity contribution in [2.45, 2.75) is 59.2 Å². The van der Waals surface area contributed by atoms with Gasteiger partial charge in [-0.25, -0.2) is 4.79 Å². The fourth-order valence-corrected chi connectivity index (χ4v) is 2.15. The first-order chi connectivity index (χ1) is 10.6. The number of pyridine rings is 1. The van der Waals surface area contributed by atoms with Gasteiger partial charge in [0, 0.05) is 18.3 Å². The molecule has 0 aliphatic heterocycles. The topological polar surface area (TPSA) is 91.3 Å². The number of hydrogen-bond acceptors (Lipinski definition) is 4. The second-order valence-corrected chi connectivity index (χ2v) is 7.14. The van der Waals surface area contributed by atoms with Crippen LogP contribution in [0.25, 0.3) is 0 Å². The quantitative estimate of drug-likeness (QED) is 0.716. The van der Waals surface area contributed by atoms with Crippen LogP contribution in [-0.4, -0.2) is 33.5 Å². The van der Waals surface area contributed by atoms with E-state index in [-0.39, 0.29) is 23.1 Å². The Kier molecular flexibility index (Phi) is 6.69. The van der Waals surface area contributed by atoms with Gasteiger partial charge in [0.2, 0.25) is 5.91 Å². The molecular weight excluding hydrogens is 294 g/mol. The molecule has 0 saturated heterocycles. The van der Waals surface area contributed by atoms with Gasteiger partial charge in [0.05, 0.1) is 17.3 Å². The van der Waals surface area contributed by atoms with Gasteiger partial charge in [-0.2, -0.15) is 0 Å². The molecule has 1 heterocycles. The fourth-order valence-electron chi connectivity index (χ4n) is 2.15. The van der Waals surface area contributed by atoms with Crippen LogP contribution in [0.2, 0.25) is 0 Å². The highest BCUT2D eigenvalue weighted by Gasteiger charge is 2.23. The molecule has 23 heavy (non-hydrogen) atoms. The van der Waals surface area contributed by atoms with Crippen molar-refractivity contribution in [3.63, 3.8) is 0 Å². The molecular formula is C17H27N3O3. The molecule has 6 nitrogen and oxygen atoms in total. The van der Waals surface area contributed by atoms with Crippen LogP contribution in [0.5, 0.6) is 0 Å². The Bertz CT molecular complexity index is 550. The maximum atomic E-state index is 12.4. The van der Waals surface area contributed by atoms with E-state index in [4.69, 9.17) is 5.11 Å². The van der Waals surface area contributed by atoms with Gasteiger partial charge in [-0.3, -0.25) is 9.78 Å². The minimum absolute atomic E-state index is 0.0550. The third-order valence-electron chi connectivity index (χ3n) is 3.11. The third-order valence-corrected chi connectivity index (χ3v) is 3.11. The normalized spacial score (nSPS) is 13.0. The molecule has 0 aliphatic rings. The summed E-state index contributed by atoms with van der Waals surface area (Å²) >= 11 is 0. The fraction of sp³-hybridized carbons (Fsp3) is 0.588. The van der Waals surface area contributed by atoms with Crippen molar-refractivity contribution in [2.24, 2.45) is 5.92 Å². The maximum Gasteiger partial charge on any atom is 0.335 e. The molecule has 1 aromatic rings. The largest absolute Gasteiger partial charge is 0.478 e. The van der Waals surface area contributed by atoms with Crippen LogP contribution in [0.15, 0.2) is 18.3 Å². The number of amides is 1. The lowest BCUT2D eigenvalue weighted by Crippen LogP contribution is -2.51. The Hall–Kier alpha value is -1.95. The lowest BCUT2D eigenvalue weighted by Gasteiger charge is -2.26. The van der Waals surface area contributed by atoms with Gasteiger partial charge in [-0.15, -0.1) is 0 Å². The lowest BCUT2D eigenvalue weighted by atomic mass is 10.0. The number of nitrogens with one attached hydrogen (secondary N) is 2. The Labute approximate surface area is 137 Å². The summed E-state index contributed by atoms with van der Waals surface area (Å²) in [5.41, 5.74) is 0.494. The SMILES string of the molecule is CC(C)CC(NCc1cc(C(=O)O)ccn1)C(=O)NC(C)(C)C.